The van der Waals surface area contributed by atoms with Crippen LogP contribution in [0.1, 0.15) is 40.0 Å². The highest BCUT2D eigenvalue weighted by Gasteiger charge is 2.11. The monoisotopic (exact) mass is 246 g/mol. The zero-order valence-corrected chi connectivity index (χ0v) is 12.0. The molecule has 1 aliphatic rings. The maximum atomic E-state index is 3.50. The molecule has 0 bridgehead atoms. The molecule has 0 aromatic heterocycles. The molecule has 1 aliphatic heterocycles. The highest BCUT2D eigenvalue weighted by Crippen LogP contribution is 2.22. The highest BCUT2D eigenvalue weighted by molar-refractivity contribution is 5.55. The van der Waals surface area contributed by atoms with E-state index in [9.17, 15) is 0 Å². The van der Waals surface area contributed by atoms with Gasteiger partial charge >= 0.3 is 0 Å². The van der Waals surface area contributed by atoms with Gasteiger partial charge in [-0.2, -0.15) is 0 Å². The molecule has 100 valence electrons. The van der Waals surface area contributed by atoms with Gasteiger partial charge in [0.1, 0.15) is 0 Å². The van der Waals surface area contributed by atoms with Gasteiger partial charge in [0.2, 0.25) is 0 Å². The van der Waals surface area contributed by atoms with Crippen molar-refractivity contribution in [2.75, 3.05) is 29.9 Å². The van der Waals surface area contributed by atoms with E-state index in [-0.39, 0.29) is 0 Å². The summed E-state index contributed by atoms with van der Waals surface area (Å²) in [5.74, 6) is 0. The summed E-state index contributed by atoms with van der Waals surface area (Å²) in [6.45, 7) is 10.2. The van der Waals surface area contributed by atoms with Crippen molar-refractivity contribution in [3.8, 4) is 0 Å². The van der Waals surface area contributed by atoms with Crippen LogP contribution in [-0.4, -0.2) is 19.6 Å². The van der Waals surface area contributed by atoms with Gasteiger partial charge in [0.25, 0.3) is 0 Å². The summed E-state index contributed by atoms with van der Waals surface area (Å²) in [4.78, 5) is 2.50. The number of anilines is 2. The minimum atomic E-state index is 0.325. The molecule has 2 nitrogen and oxygen atoms in total. The summed E-state index contributed by atoms with van der Waals surface area (Å²) in [5.41, 5.74) is 2.92. The largest absolute Gasteiger partial charge is 0.385 e. The molecule has 0 saturated carbocycles. The standard InChI is InChI=1S/C16H26N2/c1-16(2,3)13-17-14-7-9-15(10-8-14)18-11-5-4-6-12-18/h7-10,17H,4-6,11-13H2,1-3H3. The lowest BCUT2D eigenvalue weighted by atomic mass is 9.97. The van der Waals surface area contributed by atoms with Crippen molar-refractivity contribution in [1.82, 2.24) is 0 Å². The fourth-order valence-corrected chi connectivity index (χ4v) is 2.31. The first-order valence-electron chi connectivity index (χ1n) is 7.13. The molecule has 0 atom stereocenters. The summed E-state index contributed by atoms with van der Waals surface area (Å²) >= 11 is 0. The lowest BCUT2D eigenvalue weighted by Crippen LogP contribution is -2.29. The molecule has 0 radical (unpaired) electrons. The number of nitrogens with zero attached hydrogens (tertiary/aromatic N) is 1. The second kappa shape index (κ2) is 5.64. The topological polar surface area (TPSA) is 15.3 Å². The van der Waals surface area contributed by atoms with Crippen molar-refractivity contribution in [2.45, 2.75) is 40.0 Å². The van der Waals surface area contributed by atoms with E-state index < -0.39 is 0 Å². The molecule has 0 unspecified atom stereocenters. The molecule has 18 heavy (non-hydrogen) atoms. The molecule has 1 saturated heterocycles. The summed E-state index contributed by atoms with van der Waals surface area (Å²) in [7, 11) is 0. The van der Waals surface area contributed by atoms with Gasteiger partial charge in [-0.15, -0.1) is 0 Å². The Balaban J connectivity index is 1.92. The Hall–Kier alpha value is -1.18. The van der Waals surface area contributed by atoms with Gasteiger partial charge in [0.15, 0.2) is 0 Å². The van der Waals surface area contributed by atoms with E-state index in [4.69, 9.17) is 0 Å². The normalized spacial score (nSPS) is 16.7. The van der Waals surface area contributed by atoms with Gasteiger partial charge in [0, 0.05) is 31.0 Å². The van der Waals surface area contributed by atoms with E-state index in [2.05, 4.69) is 55.3 Å². The van der Waals surface area contributed by atoms with Crippen molar-refractivity contribution in [1.29, 1.82) is 0 Å². The summed E-state index contributed by atoms with van der Waals surface area (Å²) in [6, 6.07) is 8.90. The summed E-state index contributed by atoms with van der Waals surface area (Å²) < 4.78 is 0. The minimum absolute atomic E-state index is 0.325. The first-order chi connectivity index (χ1) is 8.54. The zero-order chi connectivity index (χ0) is 13.0. The Morgan fingerprint density at radius 1 is 1.00 bits per heavy atom. The van der Waals surface area contributed by atoms with E-state index in [1.54, 1.807) is 0 Å². The lowest BCUT2D eigenvalue weighted by molar-refractivity contribution is 0.443. The van der Waals surface area contributed by atoms with Crippen LogP contribution in [-0.2, 0) is 0 Å². The Morgan fingerprint density at radius 3 is 2.17 bits per heavy atom. The second-order valence-electron chi connectivity index (χ2n) is 6.51. The molecule has 2 heteroatoms. The zero-order valence-electron chi connectivity index (χ0n) is 12.0. The predicted molar refractivity (Wildman–Crippen MR) is 80.5 cm³/mol. The number of rotatable bonds is 3. The predicted octanol–water partition coefficient (Wildman–Crippen LogP) is 4.13. The first kappa shape index (κ1) is 13.3. The van der Waals surface area contributed by atoms with Gasteiger partial charge in [-0.1, -0.05) is 20.8 Å². The third-order valence-corrected chi connectivity index (χ3v) is 3.41. The average Bonchev–Trinajstić information content (AvgIpc) is 2.37. The third-order valence-electron chi connectivity index (χ3n) is 3.41. The van der Waals surface area contributed by atoms with E-state index in [0.717, 1.165) is 6.54 Å². The lowest BCUT2D eigenvalue weighted by Gasteiger charge is -2.29. The van der Waals surface area contributed by atoms with Crippen LogP contribution in [0.15, 0.2) is 24.3 Å². The second-order valence-corrected chi connectivity index (χ2v) is 6.51. The van der Waals surface area contributed by atoms with Gasteiger partial charge in [-0.05, 0) is 48.9 Å². The van der Waals surface area contributed by atoms with Crippen LogP contribution in [0, 0.1) is 5.41 Å². The van der Waals surface area contributed by atoms with Crippen molar-refractivity contribution < 1.29 is 0 Å². The quantitative estimate of drug-likeness (QED) is 0.862. The van der Waals surface area contributed by atoms with Crippen LogP contribution in [0.3, 0.4) is 0 Å². The third kappa shape index (κ3) is 3.94. The molecular weight excluding hydrogens is 220 g/mol. The molecule has 0 spiro atoms. The molecule has 1 heterocycles. The van der Waals surface area contributed by atoms with Crippen molar-refractivity contribution in [3.05, 3.63) is 24.3 Å². The fourth-order valence-electron chi connectivity index (χ4n) is 2.31. The van der Waals surface area contributed by atoms with Crippen molar-refractivity contribution >= 4 is 11.4 Å². The minimum Gasteiger partial charge on any atom is -0.385 e. The van der Waals surface area contributed by atoms with Gasteiger partial charge in [-0.25, -0.2) is 0 Å². The highest BCUT2D eigenvalue weighted by atomic mass is 15.1. The van der Waals surface area contributed by atoms with Crippen LogP contribution < -0.4 is 10.2 Å². The fraction of sp³-hybridized carbons (Fsp3) is 0.625. The molecule has 0 aliphatic carbocycles. The average molecular weight is 246 g/mol. The van der Waals surface area contributed by atoms with Crippen LogP contribution in [0.25, 0.3) is 0 Å². The number of benzene rings is 1. The van der Waals surface area contributed by atoms with E-state index in [1.165, 1.54) is 43.7 Å². The van der Waals surface area contributed by atoms with Gasteiger partial charge in [-0.3, -0.25) is 0 Å². The molecule has 0 amide bonds. The van der Waals surface area contributed by atoms with Crippen LogP contribution in [0.4, 0.5) is 11.4 Å². The first-order valence-corrected chi connectivity index (χ1v) is 7.13. The summed E-state index contributed by atoms with van der Waals surface area (Å²) in [6.07, 6.45) is 4.07. The molecule has 1 aromatic carbocycles. The Labute approximate surface area is 111 Å². The Morgan fingerprint density at radius 2 is 1.61 bits per heavy atom. The molecule has 1 fully saturated rings. The number of hydrogen-bond acceptors (Lipinski definition) is 2. The van der Waals surface area contributed by atoms with Crippen LogP contribution >= 0.6 is 0 Å². The molecular formula is C16H26N2. The smallest absolute Gasteiger partial charge is 0.0367 e. The van der Waals surface area contributed by atoms with Gasteiger partial charge in [0.05, 0.1) is 0 Å². The SMILES string of the molecule is CC(C)(C)CNc1ccc(N2CCCCC2)cc1. The molecule has 2 rings (SSSR count). The van der Waals surface area contributed by atoms with E-state index in [1.807, 2.05) is 0 Å². The number of piperidine rings is 1. The molecule has 1 N–H and O–H groups in total. The molecule has 1 aromatic rings. The Kier molecular flexibility index (Phi) is 4.15. The summed E-state index contributed by atoms with van der Waals surface area (Å²) in [5, 5.41) is 3.50. The van der Waals surface area contributed by atoms with Crippen molar-refractivity contribution in [3.63, 3.8) is 0 Å². The van der Waals surface area contributed by atoms with E-state index >= 15 is 0 Å². The van der Waals surface area contributed by atoms with E-state index in [0.29, 0.717) is 5.41 Å². The van der Waals surface area contributed by atoms with Crippen molar-refractivity contribution in [2.24, 2.45) is 5.41 Å². The number of hydrogen-bond donors (Lipinski definition) is 1. The Bertz CT molecular complexity index is 356. The number of nitrogens with one attached hydrogen (secondary N) is 1. The van der Waals surface area contributed by atoms with Crippen LogP contribution in [0.2, 0.25) is 0 Å². The van der Waals surface area contributed by atoms with Gasteiger partial charge < -0.3 is 10.2 Å². The maximum absolute atomic E-state index is 3.50. The van der Waals surface area contributed by atoms with Crippen LogP contribution in [0.5, 0.6) is 0 Å². The maximum Gasteiger partial charge on any atom is 0.0367 e.